The number of aromatic hydroxyl groups is 2. The smallest absolute Gasteiger partial charge is 0.255 e. The summed E-state index contributed by atoms with van der Waals surface area (Å²) in [7, 11) is 0. The lowest BCUT2D eigenvalue weighted by molar-refractivity contribution is 0.102. The number of carbonyl (C=O) groups is 1. The van der Waals surface area contributed by atoms with Crippen LogP contribution in [0.25, 0.3) is 20.8 Å². The number of phenols is 2. The fourth-order valence-corrected chi connectivity index (χ4v) is 3.92. The molecule has 5 nitrogen and oxygen atoms in total. The summed E-state index contributed by atoms with van der Waals surface area (Å²) in [6, 6.07) is 16.9. The Morgan fingerprint density at radius 3 is 2.44 bits per heavy atom. The molecule has 4 aromatic rings. The molecule has 0 saturated carbocycles. The Hall–Kier alpha value is -3.38. The summed E-state index contributed by atoms with van der Waals surface area (Å²) < 4.78 is 0.925. The number of phenolic OH excluding ortho intramolecular Hbond substituents is 2. The van der Waals surface area contributed by atoms with E-state index in [1.165, 1.54) is 23.5 Å². The zero-order chi connectivity index (χ0) is 19.0. The van der Waals surface area contributed by atoms with Crippen molar-refractivity contribution >= 4 is 33.1 Å². The van der Waals surface area contributed by atoms with Gasteiger partial charge in [0.2, 0.25) is 0 Å². The molecule has 0 atom stereocenters. The van der Waals surface area contributed by atoms with Crippen molar-refractivity contribution in [3.05, 3.63) is 71.8 Å². The summed E-state index contributed by atoms with van der Waals surface area (Å²) in [5.41, 5.74) is 3.98. The predicted molar refractivity (Wildman–Crippen MR) is 108 cm³/mol. The molecule has 1 amide bonds. The molecule has 0 bridgehead atoms. The molecule has 0 fully saturated rings. The molecule has 1 aromatic heterocycles. The van der Waals surface area contributed by atoms with Gasteiger partial charge < -0.3 is 15.5 Å². The normalized spacial score (nSPS) is 10.9. The van der Waals surface area contributed by atoms with Crippen LogP contribution in [0.15, 0.2) is 60.7 Å². The summed E-state index contributed by atoms with van der Waals surface area (Å²) in [4.78, 5) is 16.9. The summed E-state index contributed by atoms with van der Waals surface area (Å²) >= 11 is 1.51. The number of thiazole rings is 1. The highest BCUT2D eigenvalue weighted by Gasteiger charge is 2.11. The third-order valence-electron chi connectivity index (χ3n) is 4.22. The Labute approximate surface area is 159 Å². The van der Waals surface area contributed by atoms with Crippen LogP contribution in [0, 0.1) is 6.92 Å². The van der Waals surface area contributed by atoms with Gasteiger partial charge in [0, 0.05) is 16.8 Å². The number of carbonyl (C=O) groups excluding carboxylic acids is 1. The molecular formula is C21H16N2O3S. The van der Waals surface area contributed by atoms with Crippen LogP contribution in [0.1, 0.15) is 15.9 Å². The molecule has 27 heavy (non-hydrogen) atoms. The molecule has 0 radical (unpaired) electrons. The Morgan fingerprint density at radius 2 is 1.70 bits per heavy atom. The number of hydrogen-bond acceptors (Lipinski definition) is 5. The second-order valence-electron chi connectivity index (χ2n) is 6.20. The van der Waals surface area contributed by atoms with E-state index in [0.717, 1.165) is 26.4 Å². The van der Waals surface area contributed by atoms with Gasteiger partial charge in [-0.15, -0.1) is 11.3 Å². The predicted octanol–water partition coefficient (Wildman–Crippen LogP) is 4.94. The topological polar surface area (TPSA) is 82.5 Å². The van der Waals surface area contributed by atoms with E-state index in [1.807, 2.05) is 25.1 Å². The van der Waals surface area contributed by atoms with Crippen molar-refractivity contribution in [2.45, 2.75) is 6.92 Å². The lowest BCUT2D eigenvalue weighted by atomic mass is 10.1. The van der Waals surface area contributed by atoms with Gasteiger partial charge in [0.25, 0.3) is 5.91 Å². The molecule has 0 spiro atoms. The van der Waals surface area contributed by atoms with E-state index in [9.17, 15) is 15.0 Å². The summed E-state index contributed by atoms with van der Waals surface area (Å²) in [5.74, 6) is 0.107. The van der Waals surface area contributed by atoms with Crippen molar-refractivity contribution in [1.29, 1.82) is 0 Å². The fourth-order valence-electron chi connectivity index (χ4n) is 2.83. The molecule has 134 valence electrons. The zero-order valence-corrected chi connectivity index (χ0v) is 15.2. The maximum Gasteiger partial charge on any atom is 0.255 e. The Bertz CT molecular complexity index is 1150. The monoisotopic (exact) mass is 376 g/mol. The molecule has 0 aliphatic carbocycles. The van der Waals surface area contributed by atoms with Gasteiger partial charge in [0.1, 0.15) is 16.5 Å². The lowest BCUT2D eigenvalue weighted by Crippen LogP contribution is -2.11. The van der Waals surface area contributed by atoms with Crippen LogP contribution >= 0.6 is 11.3 Å². The maximum absolute atomic E-state index is 12.3. The summed E-state index contributed by atoms with van der Waals surface area (Å²) in [6.07, 6.45) is 0. The Morgan fingerprint density at radius 1 is 0.963 bits per heavy atom. The highest BCUT2D eigenvalue weighted by atomic mass is 32.1. The van der Waals surface area contributed by atoms with Gasteiger partial charge in [0.05, 0.1) is 10.2 Å². The molecule has 6 heteroatoms. The zero-order valence-electron chi connectivity index (χ0n) is 14.4. The number of nitrogens with one attached hydrogen (secondary N) is 1. The van der Waals surface area contributed by atoms with Gasteiger partial charge >= 0.3 is 0 Å². The number of nitrogens with zero attached hydrogens (tertiary/aromatic N) is 1. The standard InChI is InChI=1S/C21H16N2O3S/c1-12-10-14(22-20(26)13-2-5-15(24)6-3-13)4-8-17(12)21-23-18-9-7-16(25)11-19(18)27-21/h2-11,24-25H,1H3,(H,22,26). The van der Waals surface area contributed by atoms with E-state index in [-0.39, 0.29) is 17.4 Å². The van der Waals surface area contributed by atoms with Gasteiger partial charge in [-0.1, -0.05) is 0 Å². The van der Waals surface area contributed by atoms with Crippen LogP contribution in [0.2, 0.25) is 0 Å². The van der Waals surface area contributed by atoms with Gasteiger partial charge in [-0.3, -0.25) is 4.79 Å². The van der Waals surface area contributed by atoms with Crippen LogP contribution in [-0.2, 0) is 0 Å². The minimum Gasteiger partial charge on any atom is -0.508 e. The molecule has 0 saturated heterocycles. The number of hydrogen-bond donors (Lipinski definition) is 3. The molecule has 4 rings (SSSR count). The van der Waals surface area contributed by atoms with Crippen molar-refractivity contribution in [2.75, 3.05) is 5.32 Å². The second kappa shape index (κ2) is 6.74. The Balaban J connectivity index is 1.60. The third kappa shape index (κ3) is 3.47. The van der Waals surface area contributed by atoms with Gasteiger partial charge in [0.15, 0.2) is 0 Å². The first kappa shape index (κ1) is 17.1. The minimum atomic E-state index is -0.238. The van der Waals surface area contributed by atoms with Gasteiger partial charge in [-0.05, 0) is 73.2 Å². The van der Waals surface area contributed by atoms with Crippen LogP contribution in [0.3, 0.4) is 0 Å². The van der Waals surface area contributed by atoms with Crippen molar-refractivity contribution in [3.63, 3.8) is 0 Å². The molecule has 3 aromatic carbocycles. The van der Waals surface area contributed by atoms with Crippen molar-refractivity contribution < 1.29 is 15.0 Å². The number of amides is 1. The van der Waals surface area contributed by atoms with Crippen molar-refractivity contribution in [3.8, 4) is 22.1 Å². The fraction of sp³-hybridized carbons (Fsp3) is 0.0476. The number of aryl methyl sites for hydroxylation is 1. The van der Waals surface area contributed by atoms with E-state index in [2.05, 4.69) is 10.3 Å². The van der Waals surface area contributed by atoms with Crippen LogP contribution < -0.4 is 5.32 Å². The highest BCUT2D eigenvalue weighted by Crippen LogP contribution is 2.34. The quantitative estimate of drug-likeness (QED) is 0.473. The number of anilines is 1. The second-order valence-corrected chi connectivity index (χ2v) is 7.23. The van der Waals surface area contributed by atoms with Crippen molar-refractivity contribution in [1.82, 2.24) is 4.98 Å². The first-order valence-corrected chi connectivity index (χ1v) is 9.12. The molecule has 1 heterocycles. The van der Waals surface area contributed by atoms with Gasteiger partial charge in [-0.2, -0.15) is 0 Å². The molecule has 0 aliphatic heterocycles. The number of benzene rings is 3. The number of aromatic nitrogens is 1. The molecular weight excluding hydrogens is 360 g/mol. The average molecular weight is 376 g/mol. The summed E-state index contributed by atoms with van der Waals surface area (Å²) in [6.45, 7) is 1.97. The SMILES string of the molecule is Cc1cc(NC(=O)c2ccc(O)cc2)ccc1-c1nc2ccc(O)cc2s1. The summed E-state index contributed by atoms with van der Waals surface area (Å²) in [5, 5.41) is 22.7. The highest BCUT2D eigenvalue weighted by molar-refractivity contribution is 7.21. The van der Waals surface area contributed by atoms with Crippen LogP contribution in [-0.4, -0.2) is 21.1 Å². The average Bonchev–Trinajstić information content (AvgIpc) is 3.05. The van der Waals surface area contributed by atoms with E-state index in [1.54, 1.807) is 30.3 Å². The van der Waals surface area contributed by atoms with Crippen LogP contribution in [0.5, 0.6) is 11.5 Å². The number of rotatable bonds is 3. The molecule has 0 aliphatic rings. The molecule has 0 unspecified atom stereocenters. The van der Waals surface area contributed by atoms with Gasteiger partial charge in [-0.25, -0.2) is 4.98 Å². The van der Waals surface area contributed by atoms with Crippen molar-refractivity contribution in [2.24, 2.45) is 0 Å². The Kier molecular flexibility index (Phi) is 4.25. The first-order valence-electron chi connectivity index (χ1n) is 8.30. The van der Waals surface area contributed by atoms with E-state index >= 15 is 0 Å². The van der Waals surface area contributed by atoms with Crippen LogP contribution in [0.4, 0.5) is 5.69 Å². The maximum atomic E-state index is 12.3. The first-order chi connectivity index (χ1) is 13.0. The third-order valence-corrected chi connectivity index (χ3v) is 5.27. The van der Waals surface area contributed by atoms with E-state index in [0.29, 0.717) is 11.3 Å². The van der Waals surface area contributed by atoms with E-state index < -0.39 is 0 Å². The number of fused-ring (bicyclic) bond motifs is 1. The van der Waals surface area contributed by atoms with E-state index in [4.69, 9.17) is 0 Å². The largest absolute Gasteiger partial charge is 0.508 e. The lowest BCUT2D eigenvalue weighted by Gasteiger charge is -2.09. The molecule has 3 N–H and O–H groups in total. The minimum absolute atomic E-state index is 0.121.